The molecule has 2 aromatic rings. The summed E-state index contributed by atoms with van der Waals surface area (Å²) < 4.78 is 2.41. The van der Waals surface area contributed by atoms with Crippen molar-refractivity contribution in [2.75, 3.05) is 11.9 Å². The topological polar surface area (TPSA) is 42.7 Å². The Balaban J connectivity index is 1.61. The average molecular weight is 282 g/mol. The molecule has 110 valence electrons. The number of benzene rings is 1. The van der Waals surface area contributed by atoms with Crippen LogP contribution in [0, 0.1) is 6.92 Å². The predicted molar refractivity (Wildman–Crippen MR) is 83.6 cm³/mol. The number of aryl methyl sites for hydroxylation is 1. The van der Waals surface area contributed by atoms with E-state index < -0.39 is 0 Å². The standard InChI is InChI=1S/C17H22N4/c1-12-19-20-17(21(12)14-6-2-3-7-14)10-13-11-18-16-9-5-4-8-15(13)16/h4-5,8-9,13-14,18H,2-3,6-7,10-11H2,1H3. The third-order valence-corrected chi connectivity index (χ3v) is 5.00. The van der Waals surface area contributed by atoms with Crippen molar-refractivity contribution in [2.45, 2.75) is 51.0 Å². The fraction of sp³-hybridized carbons (Fsp3) is 0.529. The van der Waals surface area contributed by atoms with Crippen molar-refractivity contribution in [2.24, 2.45) is 0 Å². The Morgan fingerprint density at radius 1 is 1.19 bits per heavy atom. The molecule has 0 amide bonds. The van der Waals surface area contributed by atoms with Crippen LogP contribution in [-0.2, 0) is 6.42 Å². The number of rotatable bonds is 3. The van der Waals surface area contributed by atoms with Crippen LogP contribution in [0.3, 0.4) is 0 Å². The molecule has 1 aliphatic carbocycles. The van der Waals surface area contributed by atoms with Crippen LogP contribution >= 0.6 is 0 Å². The summed E-state index contributed by atoms with van der Waals surface area (Å²) in [5.41, 5.74) is 2.71. The fourth-order valence-corrected chi connectivity index (χ4v) is 3.95. The smallest absolute Gasteiger partial charge is 0.133 e. The zero-order valence-corrected chi connectivity index (χ0v) is 12.5. The van der Waals surface area contributed by atoms with Gasteiger partial charge in [-0.15, -0.1) is 10.2 Å². The minimum atomic E-state index is 0.518. The van der Waals surface area contributed by atoms with Crippen molar-refractivity contribution < 1.29 is 0 Å². The summed E-state index contributed by atoms with van der Waals surface area (Å²) in [6, 6.07) is 9.26. The van der Waals surface area contributed by atoms with Crippen molar-refractivity contribution in [1.29, 1.82) is 0 Å². The third-order valence-electron chi connectivity index (χ3n) is 5.00. The first-order valence-corrected chi connectivity index (χ1v) is 8.06. The van der Waals surface area contributed by atoms with Crippen molar-refractivity contribution in [1.82, 2.24) is 14.8 Å². The Morgan fingerprint density at radius 3 is 2.86 bits per heavy atom. The molecule has 0 saturated heterocycles. The molecule has 4 nitrogen and oxygen atoms in total. The van der Waals surface area contributed by atoms with Gasteiger partial charge in [-0.05, 0) is 31.4 Å². The molecule has 4 heteroatoms. The quantitative estimate of drug-likeness (QED) is 0.937. The van der Waals surface area contributed by atoms with E-state index in [4.69, 9.17) is 0 Å². The van der Waals surface area contributed by atoms with Crippen LogP contribution in [-0.4, -0.2) is 21.3 Å². The van der Waals surface area contributed by atoms with Crippen LogP contribution in [0.4, 0.5) is 5.69 Å². The molecule has 0 radical (unpaired) electrons. The van der Waals surface area contributed by atoms with Crippen LogP contribution < -0.4 is 5.32 Å². The molecule has 0 bridgehead atoms. The lowest BCUT2D eigenvalue weighted by Crippen LogP contribution is -2.15. The van der Waals surface area contributed by atoms with Crippen LogP contribution in [0.2, 0.25) is 0 Å². The van der Waals surface area contributed by atoms with E-state index in [0.29, 0.717) is 12.0 Å². The predicted octanol–water partition coefficient (Wildman–Crippen LogP) is 3.45. The molecule has 2 heterocycles. The number of fused-ring (bicyclic) bond motifs is 1. The number of anilines is 1. The zero-order chi connectivity index (χ0) is 14.2. The minimum Gasteiger partial charge on any atom is -0.384 e. The van der Waals surface area contributed by atoms with Gasteiger partial charge in [-0.25, -0.2) is 0 Å². The summed E-state index contributed by atoms with van der Waals surface area (Å²) in [5.74, 6) is 2.77. The molecule has 1 aliphatic heterocycles. The van der Waals surface area contributed by atoms with Gasteiger partial charge in [-0.3, -0.25) is 0 Å². The van der Waals surface area contributed by atoms with E-state index in [1.165, 1.54) is 42.8 Å². The molecule has 1 N–H and O–H groups in total. The molecule has 1 saturated carbocycles. The Morgan fingerprint density at radius 2 is 2.00 bits per heavy atom. The van der Waals surface area contributed by atoms with E-state index in [9.17, 15) is 0 Å². The van der Waals surface area contributed by atoms with Gasteiger partial charge in [0.2, 0.25) is 0 Å². The van der Waals surface area contributed by atoms with Crippen molar-refractivity contribution in [3.63, 3.8) is 0 Å². The number of nitrogens with zero attached hydrogens (tertiary/aromatic N) is 3. The highest BCUT2D eigenvalue weighted by Crippen LogP contribution is 2.35. The third kappa shape index (κ3) is 2.23. The first-order valence-electron chi connectivity index (χ1n) is 8.06. The van der Waals surface area contributed by atoms with E-state index in [0.717, 1.165) is 18.8 Å². The Bertz CT molecular complexity index is 640. The van der Waals surface area contributed by atoms with Gasteiger partial charge in [-0.1, -0.05) is 31.0 Å². The summed E-state index contributed by atoms with van der Waals surface area (Å²) in [5, 5.41) is 12.3. The minimum absolute atomic E-state index is 0.518. The second kappa shape index (κ2) is 5.17. The van der Waals surface area contributed by atoms with E-state index in [1.54, 1.807) is 0 Å². The molecular weight excluding hydrogens is 260 g/mol. The van der Waals surface area contributed by atoms with Crippen LogP contribution in [0.1, 0.15) is 54.9 Å². The number of hydrogen-bond acceptors (Lipinski definition) is 3. The van der Waals surface area contributed by atoms with Gasteiger partial charge < -0.3 is 9.88 Å². The van der Waals surface area contributed by atoms with Crippen molar-refractivity contribution in [3.8, 4) is 0 Å². The zero-order valence-electron chi connectivity index (χ0n) is 12.5. The maximum absolute atomic E-state index is 4.48. The molecule has 0 spiro atoms. The van der Waals surface area contributed by atoms with Gasteiger partial charge in [0.25, 0.3) is 0 Å². The maximum atomic E-state index is 4.48. The van der Waals surface area contributed by atoms with Crippen LogP contribution in [0.5, 0.6) is 0 Å². The lowest BCUT2D eigenvalue weighted by atomic mass is 9.97. The van der Waals surface area contributed by atoms with Gasteiger partial charge in [0, 0.05) is 30.6 Å². The summed E-state index contributed by atoms with van der Waals surface area (Å²) in [6.07, 6.45) is 6.24. The Kier molecular flexibility index (Phi) is 3.17. The molecular formula is C17H22N4. The molecule has 1 aromatic heterocycles. The summed E-state index contributed by atoms with van der Waals surface area (Å²) >= 11 is 0. The van der Waals surface area contributed by atoms with E-state index in [-0.39, 0.29) is 0 Å². The monoisotopic (exact) mass is 282 g/mol. The normalized spacial score (nSPS) is 21.5. The van der Waals surface area contributed by atoms with Gasteiger partial charge in [0.1, 0.15) is 11.6 Å². The van der Waals surface area contributed by atoms with E-state index >= 15 is 0 Å². The highest BCUT2D eigenvalue weighted by Gasteiger charge is 2.27. The van der Waals surface area contributed by atoms with Crippen molar-refractivity contribution in [3.05, 3.63) is 41.5 Å². The number of nitrogens with one attached hydrogen (secondary N) is 1. The van der Waals surface area contributed by atoms with Gasteiger partial charge in [-0.2, -0.15) is 0 Å². The Labute approximate surface area is 125 Å². The molecule has 1 aromatic carbocycles. The molecule has 2 aliphatic rings. The van der Waals surface area contributed by atoms with E-state index in [2.05, 4.69) is 51.3 Å². The number of aromatic nitrogens is 3. The SMILES string of the molecule is Cc1nnc(CC2CNc3ccccc32)n1C1CCCC1. The summed E-state index contributed by atoms with van der Waals surface area (Å²) in [4.78, 5) is 0. The van der Waals surface area contributed by atoms with Gasteiger partial charge in [0.05, 0.1) is 0 Å². The first kappa shape index (κ1) is 12.9. The molecule has 4 rings (SSSR count). The van der Waals surface area contributed by atoms with Gasteiger partial charge >= 0.3 is 0 Å². The number of hydrogen-bond donors (Lipinski definition) is 1. The molecule has 1 unspecified atom stereocenters. The van der Waals surface area contributed by atoms with Crippen molar-refractivity contribution >= 4 is 5.69 Å². The van der Waals surface area contributed by atoms with Crippen LogP contribution in [0.25, 0.3) is 0 Å². The van der Waals surface area contributed by atoms with Crippen LogP contribution in [0.15, 0.2) is 24.3 Å². The molecule has 1 atom stereocenters. The van der Waals surface area contributed by atoms with Gasteiger partial charge in [0.15, 0.2) is 0 Å². The van der Waals surface area contributed by atoms with E-state index in [1.807, 2.05) is 0 Å². The first-order chi connectivity index (χ1) is 10.3. The lowest BCUT2D eigenvalue weighted by Gasteiger charge is -2.17. The average Bonchev–Trinajstić information content (AvgIpc) is 3.21. The summed E-state index contributed by atoms with van der Waals surface area (Å²) in [6.45, 7) is 3.10. The summed E-state index contributed by atoms with van der Waals surface area (Å²) in [7, 11) is 0. The lowest BCUT2D eigenvalue weighted by molar-refractivity contribution is 0.479. The second-order valence-electron chi connectivity index (χ2n) is 6.34. The second-order valence-corrected chi connectivity index (χ2v) is 6.34. The highest BCUT2D eigenvalue weighted by atomic mass is 15.3. The maximum Gasteiger partial charge on any atom is 0.133 e. The molecule has 1 fully saturated rings. The Hall–Kier alpha value is -1.84. The fourth-order valence-electron chi connectivity index (χ4n) is 3.95. The number of para-hydroxylation sites is 1. The largest absolute Gasteiger partial charge is 0.384 e. The highest BCUT2D eigenvalue weighted by molar-refractivity contribution is 5.57. The molecule has 21 heavy (non-hydrogen) atoms.